The molecule has 1 heterocycles. The lowest BCUT2D eigenvalue weighted by molar-refractivity contribution is -0.118. The molecule has 1 unspecified atom stereocenters. The van der Waals surface area contributed by atoms with Crippen LogP contribution in [0.1, 0.15) is 13.3 Å². The van der Waals surface area contributed by atoms with Gasteiger partial charge in [-0.05, 0) is 6.42 Å². The van der Waals surface area contributed by atoms with Crippen molar-refractivity contribution in [3.63, 3.8) is 0 Å². The second-order valence-electron chi connectivity index (χ2n) is 2.52. The second-order valence-corrected chi connectivity index (χ2v) is 5.30. The molecule has 13 heavy (non-hydrogen) atoms. The van der Waals surface area contributed by atoms with Crippen molar-refractivity contribution >= 4 is 33.5 Å². The molecule has 6 heteroatoms. The first-order chi connectivity index (χ1) is 6.19. The molecular formula is C7H11NO3S2. The number of carbonyl (C=O) groups excluding carboxylic acids is 2. The summed E-state index contributed by atoms with van der Waals surface area (Å²) < 4.78 is 4.43. The van der Waals surface area contributed by atoms with Crippen LogP contribution >= 0.6 is 21.6 Å². The summed E-state index contributed by atoms with van der Waals surface area (Å²) in [6.07, 6.45) is 0.0572. The molecule has 1 aliphatic heterocycles. The van der Waals surface area contributed by atoms with Crippen LogP contribution in [0.2, 0.25) is 0 Å². The van der Waals surface area contributed by atoms with Crippen LogP contribution in [0.15, 0.2) is 0 Å². The molecule has 0 aromatic rings. The lowest BCUT2D eigenvalue weighted by atomic mass is 10.1. The highest BCUT2D eigenvalue weighted by Crippen LogP contribution is 2.54. The third-order valence-corrected chi connectivity index (χ3v) is 3.66. The summed E-state index contributed by atoms with van der Waals surface area (Å²) in [6, 6.07) is -0.403. The largest absolute Gasteiger partial charge is 0.453 e. The number of ketones is 1. The minimum absolute atomic E-state index is 0.0158. The first-order valence-electron chi connectivity index (χ1n) is 3.89. The molecule has 74 valence electrons. The van der Waals surface area contributed by atoms with E-state index >= 15 is 0 Å². The fourth-order valence-electron chi connectivity index (χ4n) is 0.862. The summed E-state index contributed by atoms with van der Waals surface area (Å²) in [5.74, 6) is 0.0721. The number of ether oxygens (including phenoxy) is 1. The first-order valence-corrected chi connectivity index (χ1v) is 6.17. The quantitative estimate of drug-likeness (QED) is 0.574. The van der Waals surface area contributed by atoms with Crippen molar-refractivity contribution in [1.29, 1.82) is 0 Å². The maximum absolute atomic E-state index is 11.5. The molecule has 1 rings (SSSR count). The van der Waals surface area contributed by atoms with Crippen molar-refractivity contribution in [3.8, 4) is 0 Å². The zero-order chi connectivity index (χ0) is 9.84. The Hall–Kier alpha value is -0.360. The molecule has 0 saturated carbocycles. The van der Waals surface area contributed by atoms with Gasteiger partial charge in [0.2, 0.25) is 0 Å². The third kappa shape index (κ3) is 3.11. The van der Waals surface area contributed by atoms with Crippen LogP contribution in [0.25, 0.3) is 0 Å². The number of alkyl carbamates (subject to hydrolysis) is 1. The Morgan fingerprint density at radius 2 is 2.15 bits per heavy atom. The Labute approximate surface area is 84.6 Å². The second kappa shape index (κ2) is 4.76. The minimum atomic E-state index is -0.546. The Balaban J connectivity index is 2.41. The molecule has 1 amide bonds. The summed E-state index contributed by atoms with van der Waals surface area (Å²) in [5.41, 5.74) is 0. The van der Waals surface area contributed by atoms with Gasteiger partial charge >= 0.3 is 6.09 Å². The van der Waals surface area contributed by atoms with Gasteiger partial charge in [-0.2, -0.15) is 0 Å². The van der Waals surface area contributed by atoms with E-state index in [0.29, 0.717) is 6.42 Å². The minimum Gasteiger partial charge on any atom is -0.453 e. The van der Waals surface area contributed by atoms with E-state index in [4.69, 9.17) is 0 Å². The van der Waals surface area contributed by atoms with E-state index in [-0.39, 0.29) is 10.4 Å². The number of hydrogen-bond donors (Lipinski definition) is 1. The molecule has 1 fully saturated rings. The highest BCUT2D eigenvalue weighted by atomic mass is 33.2. The summed E-state index contributed by atoms with van der Waals surface area (Å²) in [7, 11) is 4.34. The fraction of sp³-hybridized carbons (Fsp3) is 0.714. The Morgan fingerprint density at radius 3 is 2.54 bits per heavy atom. The zero-order valence-electron chi connectivity index (χ0n) is 7.40. The van der Waals surface area contributed by atoms with Gasteiger partial charge < -0.3 is 10.1 Å². The number of hydrogen-bond acceptors (Lipinski definition) is 5. The standard InChI is InChI=1S/C7H11NO3S2/c1-3-4(8-7(10)11-2)5(9)6-12-13-6/h4,6H,3H2,1-2H3,(H,8,10). The van der Waals surface area contributed by atoms with Crippen LogP contribution < -0.4 is 5.32 Å². The van der Waals surface area contributed by atoms with Crippen molar-refractivity contribution in [2.24, 2.45) is 0 Å². The summed E-state index contributed by atoms with van der Waals surface area (Å²) in [5, 5.41) is 2.50. The summed E-state index contributed by atoms with van der Waals surface area (Å²) in [6.45, 7) is 1.86. The average Bonchev–Trinajstić information content (AvgIpc) is 2.95. The van der Waals surface area contributed by atoms with E-state index in [9.17, 15) is 9.59 Å². The Kier molecular flexibility index (Phi) is 3.92. The Morgan fingerprint density at radius 1 is 1.54 bits per heavy atom. The molecule has 0 bridgehead atoms. The Bertz CT molecular complexity index is 218. The number of nitrogens with one attached hydrogen (secondary N) is 1. The molecule has 1 saturated heterocycles. The fourth-order valence-corrected chi connectivity index (χ4v) is 2.17. The van der Waals surface area contributed by atoms with Crippen molar-refractivity contribution in [3.05, 3.63) is 0 Å². The van der Waals surface area contributed by atoms with Crippen molar-refractivity contribution in [2.45, 2.75) is 24.0 Å². The van der Waals surface area contributed by atoms with Crippen LogP contribution in [0.4, 0.5) is 4.79 Å². The number of rotatable bonds is 4. The third-order valence-electron chi connectivity index (χ3n) is 1.65. The highest BCUT2D eigenvalue weighted by Gasteiger charge is 2.37. The normalized spacial score (nSPS) is 17.7. The SMILES string of the molecule is CCC(NC(=O)OC)C(=O)C1SS1. The maximum atomic E-state index is 11.5. The van der Waals surface area contributed by atoms with Crippen molar-refractivity contribution < 1.29 is 14.3 Å². The van der Waals surface area contributed by atoms with Crippen molar-refractivity contribution in [2.75, 3.05) is 7.11 Å². The van der Waals surface area contributed by atoms with Crippen LogP contribution in [0, 0.1) is 0 Å². The molecule has 1 N–H and O–H groups in total. The van der Waals surface area contributed by atoms with Gasteiger partial charge in [0.25, 0.3) is 0 Å². The maximum Gasteiger partial charge on any atom is 0.407 e. The lowest BCUT2D eigenvalue weighted by Crippen LogP contribution is -2.41. The van der Waals surface area contributed by atoms with E-state index < -0.39 is 12.1 Å². The molecule has 1 aliphatic rings. The predicted octanol–water partition coefficient (Wildman–Crippen LogP) is 1.41. The van der Waals surface area contributed by atoms with Crippen molar-refractivity contribution in [1.82, 2.24) is 5.32 Å². The van der Waals surface area contributed by atoms with Crippen LogP contribution in [0.5, 0.6) is 0 Å². The average molecular weight is 221 g/mol. The van der Waals surface area contributed by atoms with Gasteiger partial charge in [-0.15, -0.1) is 0 Å². The number of Topliss-reactive ketones (excluding diaryl/α,β-unsaturated/α-hetero) is 1. The first kappa shape index (κ1) is 10.7. The van der Waals surface area contributed by atoms with E-state index in [0.717, 1.165) is 0 Å². The van der Waals surface area contributed by atoms with E-state index in [1.165, 1.54) is 28.7 Å². The van der Waals surface area contributed by atoms with Gasteiger partial charge in [0.1, 0.15) is 4.58 Å². The van der Waals surface area contributed by atoms with Gasteiger partial charge in [0.15, 0.2) is 5.78 Å². The highest BCUT2D eigenvalue weighted by molar-refractivity contribution is 8.93. The smallest absolute Gasteiger partial charge is 0.407 e. The van der Waals surface area contributed by atoms with Crippen LogP contribution in [-0.4, -0.2) is 29.6 Å². The van der Waals surface area contributed by atoms with Crippen LogP contribution in [0.3, 0.4) is 0 Å². The molecule has 0 aromatic heterocycles. The van der Waals surface area contributed by atoms with Gasteiger partial charge in [-0.3, -0.25) is 4.79 Å². The molecule has 1 atom stereocenters. The van der Waals surface area contributed by atoms with E-state index in [1.54, 1.807) is 0 Å². The number of amides is 1. The molecule has 4 nitrogen and oxygen atoms in total. The monoisotopic (exact) mass is 221 g/mol. The van der Waals surface area contributed by atoms with Crippen LogP contribution in [-0.2, 0) is 9.53 Å². The summed E-state index contributed by atoms with van der Waals surface area (Å²) >= 11 is 0. The van der Waals surface area contributed by atoms with E-state index in [2.05, 4.69) is 10.1 Å². The van der Waals surface area contributed by atoms with Gasteiger partial charge in [-0.25, -0.2) is 4.79 Å². The molecule has 0 radical (unpaired) electrons. The van der Waals surface area contributed by atoms with Gasteiger partial charge in [-0.1, -0.05) is 28.5 Å². The molecule has 0 aliphatic carbocycles. The van der Waals surface area contributed by atoms with Gasteiger partial charge in [0.05, 0.1) is 13.2 Å². The molecule has 0 aromatic carbocycles. The molecule has 0 spiro atoms. The zero-order valence-corrected chi connectivity index (χ0v) is 9.04. The topological polar surface area (TPSA) is 55.4 Å². The molecular weight excluding hydrogens is 210 g/mol. The lowest BCUT2D eigenvalue weighted by Gasteiger charge is -2.12. The summed E-state index contributed by atoms with van der Waals surface area (Å²) in [4.78, 5) is 22.3. The number of carbonyl (C=O) groups is 2. The predicted molar refractivity (Wildman–Crippen MR) is 53.6 cm³/mol. The van der Waals surface area contributed by atoms with E-state index in [1.807, 2.05) is 6.92 Å². The number of methoxy groups -OCH3 is 1. The van der Waals surface area contributed by atoms with Gasteiger partial charge in [0, 0.05) is 0 Å².